The molecule has 2 aliphatic heterocycles. The Hall–Kier alpha value is -3.25. The molecule has 1 aromatic rings. The fourth-order valence-electron chi connectivity index (χ4n) is 2.90. The zero-order chi connectivity index (χ0) is 19.6. The van der Waals surface area contributed by atoms with Gasteiger partial charge in [-0.2, -0.15) is 5.26 Å². The summed E-state index contributed by atoms with van der Waals surface area (Å²) in [7, 11) is 0. The number of dihydropyridines is 1. The number of anilines is 1. The number of aromatic nitrogens is 1. The first-order valence-electron chi connectivity index (χ1n) is 8.44. The molecule has 5 N–H and O–H groups in total. The van der Waals surface area contributed by atoms with E-state index in [0.29, 0.717) is 54.5 Å². The molecule has 1 aromatic heterocycles. The Kier molecular flexibility index (Phi) is 4.92. The highest BCUT2D eigenvalue weighted by molar-refractivity contribution is 6.50. The summed E-state index contributed by atoms with van der Waals surface area (Å²) in [6.07, 6.45) is 0.350. The molecule has 27 heavy (non-hydrogen) atoms. The van der Waals surface area contributed by atoms with E-state index in [1.54, 1.807) is 19.1 Å². The molecule has 9 nitrogen and oxygen atoms in total. The Morgan fingerprint density at radius 2 is 2.22 bits per heavy atom. The smallest absolute Gasteiger partial charge is 0.218 e. The minimum Gasteiger partial charge on any atom is -0.409 e. The number of ether oxygens (including phenoxy) is 1. The summed E-state index contributed by atoms with van der Waals surface area (Å²) in [6, 6.07) is 5.61. The first-order chi connectivity index (χ1) is 12.9. The number of oxime groups is 1. The number of nitrogens with one attached hydrogen (secondary N) is 2. The molecule has 0 spiro atoms. The monoisotopic (exact) mass is 367 g/mol. The molecule has 0 aliphatic carbocycles. The highest BCUT2D eigenvalue weighted by atomic mass is 16.5. The molecule has 0 atom stereocenters. The maximum Gasteiger partial charge on any atom is 0.218 e. The first kappa shape index (κ1) is 18.5. The lowest BCUT2D eigenvalue weighted by Crippen LogP contribution is -2.45. The second-order valence-corrected chi connectivity index (χ2v) is 7.03. The number of aliphatic imine (C=N–C) groups is 1. The molecule has 1 fully saturated rings. The fourth-order valence-corrected chi connectivity index (χ4v) is 2.90. The maximum atomic E-state index is 9.34. The van der Waals surface area contributed by atoms with E-state index in [-0.39, 0.29) is 22.7 Å². The van der Waals surface area contributed by atoms with Gasteiger partial charge in [0.05, 0.1) is 24.5 Å². The highest BCUT2D eigenvalue weighted by Gasteiger charge is 2.33. The zero-order valence-corrected chi connectivity index (χ0v) is 15.2. The quantitative estimate of drug-likeness (QED) is 0.456. The van der Waals surface area contributed by atoms with Gasteiger partial charge < -0.3 is 21.0 Å². The first-order valence-corrected chi connectivity index (χ1v) is 8.44. The molecular weight excluding hydrogens is 346 g/mol. The average Bonchev–Trinajstić information content (AvgIpc) is 2.64. The summed E-state index contributed by atoms with van der Waals surface area (Å²) in [6.45, 7) is 5.86. The van der Waals surface area contributed by atoms with E-state index in [2.05, 4.69) is 33.4 Å². The topological polar surface area (TPSA) is 153 Å². The van der Waals surface area contributed by atoms with Gasteiger partial charge in [0.1, 0.15) is 17.6 Å². The summed E-state index contributed by atoms with van der Waals surface area (Å²) in [5.41, 5.74) is 8.52. The summed E-state index contributed by atoms with van der Waals surface area (Å²) >= 11 is 0. The van der Waals surface area contributed by atoms with Crippen LogP contribution in [0, 0.1) is 22.2 Å². The molecule has 1 saturated heterocycles. The molecule has 0 unspecified atom stereocenters. The maximum absolute atomic E-state index is 9.34. The van der Waals surface area contributed by atoms with Crippen molar-refractivity contribution in [2.24, 2.45) is 21.3 Å². The van der Waals surface area contributed by atoms with Crippen LogP contribution in [-0.4, -0.2) is 47.2 Å². The van der Waals surface area contributed by atoms with Crippen molar-refractivity contribution in [3.8, 4) is 6.07 Å². The largest absolute Gasteiger partial charge is 0.409 e. The number of hydrogen-bond donors (Lipinski definition) is 4. The van der Waals surface area contributed by atoms with Crippen LogP contribution in [0.4, 0.5) is 5.82 Å². The van der Waals surface area contributed by atoms with E-state index in [4.69, 9.17) is 21.1 Å². The van der Waals surface area contributed by atoms with Crippen LogP contribution in [0.25, 0.3) is 0 Å². The van der Waals surface area contributed by atoms with Gasteiger partial charge in [0.15, 0.2) is 0 Å². The Morgan fingerprint density at radius 3 is 2.81 bits per heavy atom. The third-order valence-electron chi connectivity index (χ3n) is 4.64. The third kappa shape index (κ3) is 3.66. The van der Waals surface area contributed by atoms with Crippen molar-refractivity contribution >= 4 is 23.1 Å². The van der Waals surface area contributed by atoms with Gasteiger partial charge in [-0.3, -0.25) is 5.41 Å². The summed E-state index contributed by atoms with van der Waals surface area (Å²) < 4.78 is 5.25. The van der Waals surface area contributed by atoms with Gasteiger partial charge in [0.25, 0.3) is 0 Å². The van der Waals surface area contributed by atoms with Gasteiger partial charge in [0, 0.05) is 35.4 Å². The van der Waals surface area contributed by atoms with Crippen LogP contribution in [0.1, 0.15) is 25.1 Å². The molecule has 0 radical (unpaired) electrons. The van der Waals surface area contributed by atoms with Crippen LogP contribution in [0.3, 0.4) is 0 Å². The van der Waals surface area contributed by atoms with Gasteiger partial charge in [-0.1, -0.05) is 12.1 Å². The van der Waals surface area contributed by atoms with Crippen LogP contribution < -0.4 is 11.1 Å². The van der Waals surface area contributed by atoms with Crippen molar-refractivity contribution in [3.63, 3.8) is 0 Å². The number of rotatable bonds is 5. The summed E-state index contributed by atoms with van der Waals surface area (Å²) in [4.78, 5) is 8.66. The summed E-state index contributed by atoms with van der Waals surface area (Å²) in [5.74, 6) is 0.403. The van der Waals surface area contributed by atoms with Gasteiger partial charge in [-0.05, 0) is 19.1 Å². The van der Waals surface area contributed by atoms with Crippen molar-refractivity contribution in [2.45, 2.75) is 20.3 Å². The van der Waals surface area contributed by atoms with Gasteiger partial charge in [-0.25, -0.2) is 9.98 Å². The highest BCUT2D eigenvalue weighted by Crippen LogP contribution is 2.27. The van der Waals surface area contributed by atoms with Gasteiger partial charge >= 0.3 is 0 Å². The van der Waals surface area contributed by atoms with Gasteiger partial charge in [0.2, 0.25) is 5.84 Å². The number of pyridine rings is 1. The SMILES string of the molecule is CC1=N/C(=N/O)C(=N)C(N)=C1Cc1ccc(C#N)c(NCC2(C)COC2)n1. The lowest BCUT2D eigenvalue weighted by Gasteiger charge is -2.38. The Bertz CT molecular complexity index is 920. The van der Waals surface area contributed by atoms with Crippen LogP contribution in [0.15, 0.2) is 33.6 Å². The fraction of sp³-hybridized carbons (Fsp3) is 0.389. The minimum atomic E-state index is -0.122. The van der Waals surface area contributed by atoms with E-state index < -0.39 is 0 Å². The predicted molar refractivity (Wildman–Crippen MR) is 101 cm³/mol. The minimum absolute atomic E-state index is 0.0408. The molecule has 0 saturated carbocycles. The van der Waals surface area contributed by atoms with Crippen molar-refractivity contribution < 1.29 is 9.94 Å². The number of nitriles is 1. The van der Waals surface area contributed by atoms with Crippen LogP contribution in [-0.2, 0) is 11.2 Å². The second-order valence-electron chi connectivity index (χ2n) is 7.03. The number of nitrogens with zero attached hydrogens (tertiary/aromatic N) is 4. The van der Waals surface area contributed by atoms with Crippen molar-refractivity contribution in [2.75, 3.05) is 25.1 Å². The van der Waals surface area contributed by atoms with Crippen molar-refractivity contribution in [1.29, 1.82) is 10.7 Å². The number of amidine groups is 1. The van der Waals surface area contributed by atoms with E-state index in [9.17, 15) is 5.26 Å². The second kappa shape index (κ2) is 7.17. The lowest BCUT2D eigenvalue weighted by atomic mass is 9.89. The van der Waals surface area contributed by atoms with Crippen molar-refractivity contribution in [3.05, 3.63) is 34.7 Å². The average molecular weight is 367 g/mol. The van der Waals surface area contributed by atoms with Crippen LogP contribution >= 0.6 is 0 Å². The molecular formula is C18H21N7O2. The van der Waals surface area contributed by atoms with Gasteiger partial charge in [-0.15, -0.1) is 0 Å². The Morgan fingerprint density at radius 1 is 1.48 bits per heavy atom. The Balaban J connectivity index is 1.84. The normalized spacial score (nSPS) is 20.1. The lowest BCUT2D eigenvalue weighted by molar-refractivity contribution is -0.0924. The molecule has 0 amide bonds. The molecule has 9 heteroatoms. The van der Waals surface area contributed by atoms with Crippen LogP contribution in [0.5, 0.6) is 0 Å². The molecule has 2 aliphatic rings. The molecule has 0 bridgehead atoms. The van der Waals surface area contributed by atoms with E-state index in [1.807, 2.05) is 0 Å². The number of nitrogens with two attached hydrogens (primary N) is 1. The van der Waals surface area contributed by atoms with Crippen LogP contribution in [0.2, 0.25) is 0 Å². The molecule has 0 aromatic carbocycles. The third-order valence-corrected chi connectivity index (χ3v) is 4.64. The predicted octanol–water partition coefficient (Wildman–Crippen LogP) is 1.44. The molecule has 3 rings (SSSR count). The van der Waals surface area contributed by atoms with Crippen molar-refractivity contribution in [1.82, 2.24) is 4.98 Å². The van der Waals surface area contributed by atoms with E-state index >= 15 is 0 Å². The number of hydrogen-bond acceptors (Lipinski definition) is 8. The molecule has 140 valence electrons. The summed E-state index contributed by atoms with van der Waals surface area (Å²) in [5, 5.41) is 32.4. The Labute approximate surface area is 156 Å². The molecule has 3 heterocycles. The zero-order valence-electron chi connectivity index (χ0n) is 15.2. The van der Waals surface area contributed by atoms with E-state index in [0.717, 1.165) is 0 Å². The van der Waals surface area contributed by atoms with E-state index in [1.165, 1.54) is 0 Å². The number of allylic oxidation sites excluding steroid dienone is 1. The standard InChI is InChI=1S/C18H21N7O2/c1-10-13(14(20)15(21)17(23-10)25-26)5-12-4-3-11(6-19)16(24-12)22-7-18(2)8-27-9-18/h3-4,21,26H,5,7-9,20H2,1-2H3,(H,22,24)/b21-15?,25-17+.